The molecule has 0 bridgehead atoms. The third kappa shape index (κ3) is 5.11. The van der Waals surface area contributed by atoms with Gasteiger partial charge in [0.1, 0.15) is 5.69 Å². The minimum absolute atomic E-state index is 0.0266. The van der Waals surface area contributed by atoms with Crippen LogP contribution in [0.3, 0.4) is 0 Å². The number of hydrogen-bond donors (Lipinski definition) is 1. The van der Waals surface area contributed by atoms with E-state index < -0.39 is 0 Å². The topological polar surface area (TPSA) is 72.2 Å². The molecule has 0 saturated carbocycles. The SMILES string of the molecule is CC(=O)Nc1cccc(C2CCN(CCCn3nc(-c4cccn4C)c4ccccc4c3=O)CC2)c1. The molecule has 4 aromatic rings. The molecule has 2 aromatic heterocycles. The normalized spacial score (nSPS) is 14.8. The van der Waals surface area contributed by atoms with Crippen molar-refractivity contribution in [1.29, 1.82) is 0 Å². The van der Waals surface area contributed by atoms with E-state index >= 15 is 0 Å². The Morgan fingerprint density at radius 1 is 1.00 bits per heavy atom. The molecule has 1 fully saturated rings. The van der Waals surface area contributed by atoms with Crippen molar-refractivity contribution in [2.24, 2.45) is 7.05 Å². The van der Waals surface area contributed by atoms with Crippen LogP contribution in [-0.2, 0) is 18.4 Å². The third-order valence-electron chi connectivity index (χ3n) is 7.16. The molecule has 0 unspecified atom stereocenters. The highest BCUT2D eigenvalue weighted by molar-refractivity contribution is 5.93. The minimum Gasteiger partial charge on any atom is -0.349 e. The van der Waals surface area contributed by atoms with Gasteiger partial charge in [-0.1, -0.05) is 30.3 Å². The first-order valence-electron chi connectivity index (χ1n) is 12.7. The summed E-state index contributed by atoms with van der Waals surface area (Å²) in [5, 5.41) is 9.29. The molecule has 1 aliphatic heterocycles. The lowest BCUT2D eigenvalue weighted by Gasteiger charge is -2.32. The number of aromatic nitrogens is 3. The van der Waals surface area contributed by atoms with Gasteiger partial charge in [0, 0.05) is 37.8 Å². The highest BCUT2D eigenvalue weighted by Crippen LogP contribution is 2.30. The quantitative estimate of drug-likeness (QED) is 0.416. The molecule has 0 aliphatic carbocycles. The Bertz CT molecular complexity index is 1430. The summed E-state index contributed by atoms with van der Waals surface area (Å²) in [6, 6.07) is 20.0. The number of aryl methyl sites for hydroxylation is 2. The van der Waals surface area contributed by atoms with Gasteiger partial charge in [-0.25, -0.2) is 4.68 Å². The van der Waals surface area contributed by atoms with Crippen molar-refractivity contribution in [3.05, 3.63) is 82.8 Å². The van der Waals surface area contributed by atoms with Gasteiger partial charge >= 0.3 is 0 Å². The van der Waals surface area contributed by atoms with E-state index in [0.29, 0.717) is 17.8 Å². The molecule has 0 spiro atoms. The first-order valence-corrected chi connectivity index (χ1v) is 12.7. The number of anilines is 1. The number of carbonyl (C=O) groups excluding carboxylic acids is 1. The van der Waals surface area contributed by atoms with E-state index in [2.05, 4.69) is 22.3 Å². The van der Waals surface area contributed by atoms with Crippen LogP contribution in [0.4, 0.5) is 5.69 Å². The van der Waals surface area contributed by atoms with Crippen molar-refractivity contribution < 1.29 is 4.79 Å². The van der Waals surface area contributed by atoms with Gasteiger partial charge in [0.05, 0.1) is 11.1 Å². The average Bonchev–Trinajstić information content (AvgIpc) is 3.31. The van der Waals surface area contributed by atoms with Crippen LogP contribution in [0, 0.1) is 0 Å². The first-order chi connectivity index (χ1) is 17.5. The lowest BCUT2D eigenvalue weighted by molar-refractivity contribution is -0.114. The lowest BCUT2D eigenvalue weighted by Crippen LogP contribution is -2.34. The first kappa shape index (κ1) is 24.0. The van der Waals surface area contributed by atoms with Crippen LogP contribution in [0.15, 0.2) is 71.7 Å². The number of likely N-dealkylation sites (tertiary alicyclic amines) is 1. The fourth-order valence-corrected chi connectivity index (χ4v) is 5.29. The molecular formula is C29H33N5O2. The molecular weight excluding hydrogens is 450 g/mol. The van der Waals surface area contributed by atoms with Crippen LogP contribution >= 0.6 is 0 Å². The predicted octanol–water partition coefficient (Wildman–Crippen LogP) is 4.63. The zero-order chi connectivity index (χ0) is 25.1. The number of benzene rings is 2. The number of nitrogens with one attached hydrogen (secondary N) is 1. The van der Waals surface area contributed by atoms with E-state index in [-0.39, 0.29) is 11.5 Å². The number of nitrogens with zero attached hydrogens (tertiary/aromatic N) is 4. The van der Waals surface area contributed by atoms with E-state index in [4.69, 9.17) is 5.10 Å². The molecule has 7 nitrogen and oxygen atoms in total. The number of piperidine rings is 1. The van der Waals surface area contributed by atoms with E-state index in [1.54, 1.807) is 4.68 Å². The minimum atomic E-state index is -0.0437. The number of hydrogen-bond acceptors (Lipinski definition) is 4. The van der Waals surface area contributed by atoms with Crippen LogP contribution in [-0.4, -0.2) is 44.8 Å². The van der Waals surface area contributed by atoms with Crippen molar-refractivity contribution in [3.8, 4) is 11.4 Å². The maximum atomic E-state index is 13.2. The second kappa shape index (κ2) is 10.5. The maximum Gasteiger partial charge on any atom is 0.274 e. The Morgan fingerprint density at radius 3 is 2.50 bits per heavy atom. The maximum absolute atomic E-state index is 13.2. The number of carbonyl (C=O) groups is 1. The fraction of sp³-hybridized carbons (Fsp3) is 0.345. The summed E-state index contributed by atoms with van der Waals surface area (Å²) in [6.07, 6.45) is 5.06. The molecule has 5 rings (SSSR count). The molecule has 186 valence electrons. The zero-order valence-corrected chi connectivity index (χ0v) is 21.0. The molecule has 1 saturated heterocycles. The van der Waals surface area contributed by atoms with E-state index in [1.165, 1.54) is 12.5 Å². The van der Waals surface area contributed by atoms with Crippen LogP contribution in [0.25, 0.3) is 22.2 Å². The van der Waals surface area contributed by atoms with Gasteiger partial charge in [-0.15, -0.1) is 0 Å². The Hall–Kier alpha value is -3.71. The van der Waals surface area contributed by atoms with Gasteiger partial charge in [0.15, 0.2) is 0 Å². The number of rotatable bonds is 7. The van der Waals surface area contributed by atoms with E-state index in [0.717, 1.165) is 61.4 Å². The zero-order valence-electron chi connectivity index (χ0n) is 21.0. The predicted molar refractivity (Wildman–Crippen MR) is 144 cm³/mol. The molecule has 2 aromatic carbocycles. The van der Waals surface area contributed by atoms with Crippen LogP contribution in [0.5, 0.6) is 0 Å². The lowest BCUT2D eigenvalue weighted by atomic mass is 9.89. The van der Waals surface area contributed by atoms with E-state index in [9.17, 15) is 9.59 Å². The van der Waals surface area contributed by atoms with Crippen molar-refractivity contribution in [2.45, 2.75) is 38.6 Å². The van der Waals surface area contributed by atoms with Gasteiger partial charge in [-0.3, -0.25) is 9.59 Å². The Kier molecular flexibility index (Phi) is 7.00. The third-order valence-corrected chi connectivity index (χ3v) is 7.16. The van der Waals surface area contributed by atoms with Crippen molar-refractivity contribution in [3.63, 3.8) is 0 Å². The Labute approximate surface area is 211 Å². The van der Waals surface area contributed by atoms with Crippen molar-refractivity contribution in [2.75, 3.05) is 25.0 Å². The fourth-order valence-electron chi connectivity index (χ4n) is 5.29. The van der Waals surface area contributed by atoms with Crippen LogP contribution < -0.4 is 10.9 Å². The van der Waals surface area contributed by atoms with Crippen LogP contribution in [0.1, 0.15) is 37.7 Å². The summed E-state index contributed by atoms with van der Waals surface area (Å²) in [5.74, 6) is 0.463. The molecule has 36 heavy (non-hydrogen) atoms. The summed E-state index contributed by atoms with van der Waals surface area (Å²) in [7, 11) is 2.00. The molecule has 0 atom stereocenters. The molecule has 1 amide bonds. The van der Waals surface area contributed by atoms with E-state index in [1.807, 2.05) is 66.3 Å². The molecule has 1 aliphatic rings. The molecule has 1 N–H and O–H groups in total. The van der Waals surface area contributed by atoms with Gasteiger partial charge in [0.2, 0.25) is 5.91 Å². The highest BCUT2D eigenvalue weighted by atomic mass is 16.1. The second-order valence-corrected chi connectivity index (χ2v) is 9.70. The standard InChI is InChI=1S/C29H33N5O2/c1-21(35)30-24-9-5-8-23(20-24)22-13-18-33(19-14-22)16-7-17-34-29(36)26-11-4-3-10-25(26)28(31-34)27-12-6-15-32(27)2/h3-6,8-12,15,20,22H,7,13-14,16-19H2,1-2H3,(H,30,35). The summed E-state index contributed by atoms with van der Waals surface area (Å²) >= 11 is 0. The largest absolute Gasteiger partial charge is 0.349 e. The highest BCUT2D eigenvalue weighted by Gasteiger charge is 2.21. The van der Waals surface area contributed by atoms with Gasteiger partial charge in [0.25, 0.3) is 5.56 Å². The smallest absolute Gasteiger partial charge is 0.274 e. The Balaban J connectivity index is 1.23. The van der Waals surface area contributed by atoms with Gasteiger partial charge in [-0.2, -0.15) is 5.10 Å². The summed E-state index contributed by atoms with van der Waals surface area (Å²) in [5.41, 5.74) is 3.98. The summed E-state index contributed by atoms with van der Waals surface area (Å²) < 4.78 is 3.69. The second-order valence-electron chi connectivity index (χ2n) is 9.70. The molecule has 3 heterocycles. The molecule has 0 radical (unpaired) electrons. The average molecular weight is 484 g/mol. The number of fused-ring (bicyclic) bond motifs is 1. The summed E-state index contributed by atoms with van der Waals surface area (Å²) in [6.45, 7) is 5.14. The Morgan fingerprint density at radius 2 is 1.78 bits per heavy atom. The number of amides is 1. The monoisotopic (exact) mass is 483 g/mol. The van der Waals surface area contributed by atoms with Crippen LogP contribution in [0.2, 0.25) is 0 Å². The molecule has 7 heteroatoms. The van der Waals surface area contributed by atoms with Crippen molar-refractivity contribution in [1.82, 2.24) is 19.2 Å². The summed E-state index contributed by atoms with van der Waals surface area (Å²) in [4.78, 5) is 27.0. The van der Waals surface area contributed by atoms with Gasteiger partial charge < -0.3 is 14.8 Å². The van der Waals surface area contributed by atoms with Gasteiger partial charge in [-0.05, 0) is 80.7 Å². The van der Waals surface area contributed by atoms with Crippen molar-refractivity contribution >= 4 is 22.4 Å².